The van der Waals surface area contributed by atoms with Crippen molar-refractivity contribution in [3.8, 4) is 11.5 Å². The standard InChI is InChI=1S/C31H33N5O6/c1-39-26-8-4-7-23(20-26)28-31(30(38)36-14-18-40-19-15-36,21-24-6-2-3-9-27(24)34-35-32)33-29(42-28)22-10-12-25(13-11-22)41-17-5-16-37/h2-4,6-13,20,28,37H,5,14-19,21H2,1H3/t28-,31-/m1/s1. The van der Waals surface area contributed by atoms with E-state index in [4.69, 9.17) is 29.0 Å². The number of aliphatic hydroxyl groups is 1. The van der Waals surface area contributed by atoms with E-state index in [0.717, 1.165) is 5.56 Å². The molecule has 1 fully saturated rings. The van der Waals surface area contributed by atoms with Crippen LogP contribution in [0.4, 0.5) is 5.69 Å². The fourth-order valence-corrected chi connectivity index (χ4v) is 5.21. The lowest BCUT2D eigenvalue weighted by molar-refractivity contribution is -0.143. The van der Waals surface area contributed by atoms with Gasteiger partial charge in [-0.05, 0) is 53.1 Å². The first-order valence-corrected chi connectivity index (χ1v) is 13.8. The summed E-state index contributed by atoms with van der Waals surface area (Å²) in [5.41, 5.74) is 10.3. The zero-order valence-electron chi connectivity index (χ0n) is 23.4. The van der Waals surface area contributed by atoms with Crippen LogP contribution in [0.1, 0.15) is 29.2 Å². The fourth-order valence-electron chi connectivity index (χ4n) is 5.21. The van der Waals surface area contributed by atoms with Crippen molar-refractivity contribution in [3.05, 3.63) is 99.9 Å². The molecular formula is C31H33N5O6. The molecule has 3 aromatic rings. The lowest BCUT2D eigenvalue weighted by atomic mass is 9.81. The maximum Gasteiger partial charge on any atom is 0.255 e. The monoisotopic (exact) mass is 571 g/mol. The summed E-state index contributed by atoms with van der Waals surface area (Å²) in [6, 6.07) is 21.9. The number of aliphatic imine (C=N–C) groups is 1. The molecule has 1 N–H and O–H groups in total. The number of nitrogens with zero attached hydrogens (tertiary/aromatic N) is 5. The average Bonchev–Trinajstić information content (AvgIpc) is 3.43. The van der Waals surface area contributed by atoms with Crippen molar-refractivity contribution in [2.75, 3.05) is 46.6 Å². The van der Waals surface area contributed by atoms with E-state index in [1.165, 1.54) is 0 Å². The Labute approximate surface area is 243 Å². The lowest BCUT2D eigenvalue weighted by Gasteiger charge is -2.37. The molecule has 0 bridgehead atoms. The molecule has 0 aliphatic carbocycles. The molecule has 2 aliphatic heterocycles. The maximum atomic E-state index is 14.6. The molecule has 3 aromatic carbocycles. The minimum absolute atomic E-state index is 0.0520. The van der Waals surface area contributed by atoms with Crippen LogP contribution in [-0.2, 0) is 20.7 Å². The lowest BCUT2D eigenvalue weighted by Crippen LogP contribution is -2.54. The molecule has 2 heterocycles. The number of carbonyl (C=O) groups is 1. The topological polar surface area (TPSA) is 139 Å². The molecule has 0 unspecified atom stereocenters. The molecule has 1 amide bonds. The van der Waals surface area contributed by atoms with Crippen LogP contribution in [-0.4, -0.2) is 74.0 Å². The SMILES string of the molecule is COc1cccc([C@H]2OC(c3ccc(OCCCO)cc3)=N[C@@]2(Cc2ccccc2N=[N+]=[N-])C(=O)N2CCOCC2)c1. The summed E-state index contributed by atoms with van der Waals surface area (Å²) in [6.45, 7) is 2.15. The van der Waals surface area contributed by atoms with Gasteiger partial charge in [0.15, 0.2) is 11.6 Å². The first-order chi connectivity index (χ1) is 20.6. The zero-order chi connectivity index (χ0) is 29.4. The highest BCUT2D eigenvalue weighted by Gasteiger charge is 2.55. The minimum Gasteiger partial charge on any atom is -0.497 e. The number of hydrogen-bond donors (Lipinski definition) is 1. The predicted octanol–water partition coefficient (Wildman–Crippen LogP) is 4.76. The van der Waals surface area contributed by atoms with E-state index < -0.39 is 11.6 Å². The van der Waals surface area contributed by atoms with Gasteiger partial charge in [-0.25, -0.2) is 4.99 Å². The van der Waals surface area contributed by atoms with Crippen molar-refractivity contribution in [1.82, 2.24) is 4.90 Å². The second-order valence-corrected chi connectivity index (χ2v) is 9.97. The highest BCUT2D eigenvalue weighted by molar-refractivity contribution is 6.01. The van der Waals surface area contributed by atoms with Crippen LogP contribution in [0.25, 0.3) is 10.4 Å². The van der Waals surface area contributed by atoms with E-state index in [-0.39, 0.29) is 18.9 Å². The Balaban J connectivity index is 1.63. The maximum absolute atomic E-state index is 14.6. The number of azide groups is 1. The van der Waals surface area contributed by atoms with Crippen LogP contribution in [0.3, 0.4) is 0 Å². The molecule has 2 atom stereocenters. The van der Waals surface area contributed by atoms with E-state index >= 15 is 0 Å². The first-order valence-electron chi connectivity index (χ1n) is 13.8. The smallest absolute Gasteiger partial charge is 0.255 e. The highest BCUT2D eigenvalue weighted by atomic mass is 16.5. The van der Waals surface area contributed by atoms with Gasteiger partial charge in [-0.2, -0.15) is 0 Å². The molecule has 218 valence electrons. The van der Waals surface area contributed by atoms with Crippen LogP contribution in [0.15, 0.2) is 82.9 Å². The van der Waals surface area contributed by atoms with Gasteiger partial charge in [0.2, 0.25) is 5.90 Å². The van der Waals surface area contributed by atoms with Crippen molar-refractivity contribution in [2.45, 2.75) is 24.5 Å². The van der Waals surface area contributed by atoms with Crippen molar-refractivity contribution in [1.29, 1.82) is 0 Å². The van der Waals surface area contributed by atoms with Crippen LogP contribution < -0.4 is 9.47 Å². The zero-order valence-corrected chi connectivity index (χ0v) is 23.4. The van der Waals surface area contributed by atoms with Crippen molar-refractivity contribution in [2.24, 2.45) is 10.1 Å². The van der Waals surface area contributed by atoms with Gasteiger partial charge < -0.3 is 29.0 Å². The molecular weight excluding hydrogens is 538 g/mol. The number of morpholine rings is 1. The molecule has 1 saturated heterocycles. The van der Waals surface area contributed by atoms with Crippen molar-refractivity contribution in [3.63, 3.8) is 0 Å². The molecule has 5 rings (SSSR count). The summed E-state index contributed by atoms with van der Waals surface area (Å²) in [5, 5.41) is 12.9. The van der Waals surface area contributed by atoms with Crippen LogP contribution in [0.5, 0.6) is 11.5 Å². The number of methoxy groups -OCH3 is 1. The quantitative estimate of drug-likeness (QED) is 0.152. The Morgan fingerprint density at radius 2 is 1.90 bits per heavy atom. The Kier molecular flexibility index (Phi) is 9.23. The summed E-state index contributed by atoms with van der Waals surface area (Å²) in [7, 11) is 1.59. The summed E-state index contributed by atoms with van der Waals surface area (Å²) < 4.78 is 23.3. The minimum atomic E-state index is -1.42. The van der Waals surface area contributed by atoms with E-state index in [1.807, 2.05) is 48.5 Å². The van der Waals surface area contributed by atoms with Gasteiger partial charge in [-0.15, -0.1) is 0 Å². The number of benzene rings is 3. The second-order valence-electron chi connectivity index (χ2n) is 9.97. The van der Waals surface area contributed by atoms with Gasteiger partial charge in [0.1, 0.15) is 11.5 Å². The van der Waals surface area contributed by atoms with Gasteiger partial charge >= 0.3 is 0 Å². The Bertz CT molecular complexity index is 1470. The van der Waals surface area contributed by atoms with Gasteiger partial charge in [-0.1, -0.05) is 41.5 Å². The third-order valence-corrected chi connectivity index (χ3v) is 7.31. The van der Waals surface area contributed by atoms with E-state index in [1.54, 1.807) is 36.3 Å². The Morgan fingerprint density at radius 1 is 1.12 bits per heavy atom. The fraction of sp³-hybridized carbons (Fsp3) is 0.355. The molecule has 0 spiro atoms. The largest absolute Gasteiger partial charge is 0.497 e. The Hall–Kier alpha value is -4.57. The van der Waals surface area contributed by atoms with Crippen LogP contribution >= 0.6 is 0 Å². The van der Waals surface area contributed by atoms with Gasteiger partial charge in [0.25, 0.3) is 5.91 Å². The number of carbonyl (C=O) groups excluding carboxylic acids is 1. The predicted molar refractivity (Wildman–Crippen MR) is 156 cm³/mol. The van der Waals surface area contributed by atoms with Gasteiger partial charge in [-0.3, -0.25) is 4.79 Å². The molecule has 0 saturated carbocycles. The van der Waals surface area contributed by atoms with E-state index in [0.29, 0.717) is 73.5 Å². The number of aliphatic hydroxyl groups excluding tert-OH is 1. The molecule has 2 aliphatic rings. The number of rotatable bonds is 11. The molecule has 11 heteroatoms. The van der Waals surface area contributed by atoms with Gasteiger partial charge in [0, 0.05) is 48.7 Å². The Morgan fingerprint density at radius 3 is 2.64 bits per heavy atom. The van der Waals surface area contributed by atoms with Crippen molar-refractivity contribution >= 4 is 17.5 Å². The van der Waals surface area contributed by atoms with Crippen LogP contribution in [0, 0.1) is 0 Å². The van der Waals surface area contributed by atoms with E-state index in [9.17, 15) is 10.3 Å². The molecule has 0 aromatic heterocycles. The third kappa shape index (κ3) is 6.18. The third-order valence-electron chi connectivity index (χ3n) is 7.31. The second kappa shape index (κ2) is 13.4. The first kappa shape index (κ1) is 28.9. The average molecular weight is 572 g/mol. The van der Waals surface area contributed by atoms with E-state index in [2.05, 4.69) is 10.0 Å². The number of ether oxygens (including phenoxy) is 4. The van der Waals surface area contributed by atoms with Crippen molar-refractivity contribution < 1.29 is 28.8 Å². The van der Waals surface area contributed by atoms with Crippen LogP contribution in [0.2, 0.25) is 0 Å². The normalized spacial score (nSPS) is 19.8. The summed E-state index contributed by atoms with van der Waals surface area (Å²) >= 11 is 0. The molecule has 0 radical (unpaired) electrons. The molecule has 42 heavy (non-hydrogen) atoms. The number of hydrogen-bond acceptors (Lipinski definition) is 8. The summed E-state index contributed by atoms with van der Waals surface area (Å²) in [6.07, 6.45) is -0.146. The number of amides is 1. The molecule has 11 nitrogen and oxygen atoms in total. The van der Waals surface area contributed by atoms with Gasteiger partial charge in [0.05, 0.1) is 26.9 Å². The highest BCUT2D eigenvalue weighted by Crippen LogP contribution is 2.45. The summed E-state index contributed by atoms with van der Waals surface area (Å²) in [4.78, 5) is 24.5. The summed E-state index contributed by atoms with van der Waals surface area (Å²) in [5.74, 6) is 1.38.